The van der Waals surface area contributed by atoms with Crippen LogP contribution in [0.3, 0.4) is 0 Å². The van der Waals surface area contributed by atoms with E-state index in [0.29, 0.717) is 5.41 Å². The van der Waals surface area contributed by atoms with Gasteiger partial charge in [-0.2, -0.15) is 0 Å². The minimum atomic E-state index is 0.314. The molecule has 0 atom stereocenters. The maximum absolute atomic E-state index is 5.88. The molecule has 0 aliphatic heterocycles. The summed E-state index contributed by atoms with van der Waals surface area (Å²) in [4.78, 5) is 3.29. The summed E-state index contributed by atoms with van der Waals surface area (Å²) in [7, 11) is 0. The molecule has 13 heavy (non-hydrogen) atoms. The second kappa shape index (κ2) is 2.88. The van der Waals surface area contributed by atoms with Crippen LogP contribution < -0.4 is 5.73 Å². The fraction of sp³-hybridized carbons (Fsp3) is 0.636. The molecule has 1 aromatic rings. The highest BCUT2D eigenvalue weighted by atomic mass is 14.7. The molecular weight excluding hydrogens is 160 g/mol. The van der Waals surface area contributed by atoms with Gasteiger partial charge in [-0.1, -0.05) is 6.42 Å². The summed E-state index contributed by atoms with van der Waals surface area (Å²) in [6.45, 7) is 5.12. The van der Waals surface area contributed by atoms with Gasteiger partial charge in [-0.05, 0) is 37.8 Å². The van der Waals surface area contributed by atoms with Crippen molar-refractivity contribution >= 4 is 0 Å². The number of nitrogens with two attached hydrogens (primary N) is 1. The number of hydrogen-bond donors (Lipinski definition) is 2. The average molecular weight is 178 g/mol. The van der Waals surface area contributed by atoms with Gasteiger partial charge in [0.15, 0.2) is 0 Å². The van der Waals surface area contributed by atoms with E-state index in [-0.39, 0.29) is 0 Å². The van der Waals surface area contributed by atoms with Gasteiger partial charge in [-0.25, -0.2) is 0 Å². The molecule has 1 heterocycles. The number of aryl methyl sites for hydroxylation is 2. The van der Waals surface area contributed by atoms with Crippen molar-refractivity contribution in [2.45, 2.75) is 38.5 Å². The second-order valence-electron chi connectivity index (χ2n) is 4.31. The molecule has 2 heteroatoms. The number of nitrogens with one attached hydrogen (secondary N) is 1. The van der Waals surface area contributed by atoms with Crippen molar-refractivity contribution in [3.05, 3.63) is 23.0 Å². The van der Waals surface area contributed by atoms with E-state index >= 15 is 0 Å². The van der Waals surface area contributed by atoms with Crippen molar-refractivity contribution in [2.75, 3.05) is 6.54 Å². The smallest absolute Gasteiger partial charge is 0.0157 e. The van der Waals surface area contributed by atoms with Crippen molar-refractivity contribution in [3.63, 3.8) is 0 Å². The van der Waals surface area contributed by atoms with Crippen LogP contribution in [0.2, 0.25) is 0 Å². The molecule has 2 nitrogen and oxygen atoms in total. The molecule has 1 saturated carbocycles. The van der Waals surface area contributed by atoms with Gasteiger partial charge in [0.1, 0.15) is 0 Å². The van der Waals surface area contributed by atoms with E-state index in [1.54, 1.807) is 0 Å². The number of H-pyrrole nitrogens is 1. The lowest BCUT2D eigenvalue weighted by Gasteiger charge is -2.42. The molecule has 0 saturated heterocycles. The summed E-state index contributed by atoms with van der Waals surface area (Å²) < 4.78 is 0. The Kier molecular flexibility index (Phi) is 1.95. The van der Waals surface area contributed by atoms with Crippen LogP contribution in [-0.4, -0.2) is 11.5 Å². The number of aromatic amines is 1. The molecule has 1 aliphatic carbocycles. The third-order valence-corrected chi connectivity index (χ3v) is 3.51. The quantitative estimate of drug-likeness (QED) is 0.714. The Bertz CT molecular complexity index is 283. The first-order valence-corrected chi connectivity index (χ1v) is 5.05. The first-order valence-electron chi connectivity index (χ1n) is 5.05. The van der Waals surface area contributed by atoms with Crippen LogP contribution in [0.5, 0.6) is 0 Å². The fourth-order valence-electron chi connectivity index (χ4n) is 2.63. The fourth-order valence-corrected chi connectivity index (χ4v) is 2.63. The molecule has 1 fully saturated rings. The standard InChI is InChI=1S/C11H18N2/c1-8-6-13-9(2)10(8)11(7-12)4-3-5-11/h6,13H,3-5,7,12H2,1-2H3. The summed E-state index contributed by atoms with van der Waals surface area (Å²) in [5.41, 5.74) is 10.4. The molecule has 0 amide bonds. The molecule has 0 unspecified atom stereocenters. The molecule has 0 radical (unpaired) electrons. The zero-order valence-corrected chi connectivity index (χ0v) is 8.48. The summed E-state index contributed by atoms with van der Waals surface area (Å²) in [5, 5.41) is 0. The Hall–Kier alpha value is -0.760. The van der Waals surface area contributed by atoms with Gasteiger partial charge >= 0.3 is 0 Å². The second-order valence-corrected chi connectivity index (χ2v) is 4.31. The van der Waals surface area contributed by atoms with Gasteiger partial charge in [-0.15, -0.1) is 0 Å². The Labute approximate surface area is 79.5 Å². The van der Waals surface area contributed by atoms with Gasteiger partial charge in [0, 0.05) is 23.9 Å². The third kappa shape index (κ3) is 1.12. The van der Waals surface area contributed by atoms with E-state index < -0.39 is 0 Å². The van der Waals surface area contributed by atoms with Crippen LogP contribution in [-0.2, 0) is 5.41 Å². The minimum absolute atomic E-state index is 0.314. The van der Waals surface area contributed by atoms with Gasteiger partial charge in [0.2, 0.25) is 0 Å². The third-order valence-electron chi connectivity index (χ3n) is 3.51. The molecule has 72 valence electrons. The summed E-state index contributed by atoms with van der Waals surface area (Å²) in [5.74, 6) is 0. The maximum Gasteiger partial charge on any atom is 0.0157 e. The van der Waals surface area contributed by atoms with Crippen LogP contribution in [0.15, 0.2) is 6.20 Å². The minimum Gasteiger partial charge on any atom is -0.365 e. The molecule has 1 aliphatic rings. The highest BCUT2D eigenvalue weighted by molar-refractivity contribution is 5.39. The molecule has 3 N–H and O–H groups in total. The Morgan fingerprint density at radius 3 is 2.46 bits per heavy atom. The van der Waals surface area contributed by atoms with Crippen molar-refractivity contribution in [1.29, 1.82) is 0 Å². The predicted molar refractivity (Wildman–Crippen MR) is 54.9 cm³/mol. The van der Waals surface area contributed by atoms with Crippen LogP contribution >= 0.6 is 0 Å². The predicted octanol–water partition coefficient (Wildman–Crippen LogP) is 2.01. The van der Waals surface area contributed by atoms with Gasteiger partial charge < -0.3 is 10.7 Å². The largest absolute Gasteiger partial charge is 0.365 e. The molecular formula is C11H18N2. The van der Waals surface area contributed by atoms with E-state index in [9.17, 15) is 0 Å². The Morgan fingerprint density at radius 1 is 1.46 bits per heavy atom. The Balaban J connectivity index is 2.43. The van der Waals surface area contributed by atoms with Gasteiger partial charge in [0.25, 0.3) is 0 Å². The highest BCUT2D eigenvalue weighted by Gasteiger charge is 2.39. The molecule has 0 bridgehead atoms. The number of rotatable bonds is 2. The summed E-state index contributed by atoms with van der Waals surface area (Å²) in [6.07, 6.45) is 5.97. The Morgan fingerprint density at radius 2 is 2.15 bits per heavy atom. The van der Waals surface area contributed by atoms with Crippen molar-refractivity contribution in [1.82, 2.24) is 4.98 Å². The molecule has 0 aromatic carbocycles. The zero-order chi connectivity index (χ0) is 9.47. The van der Waals surface area contributed by atoms with Gasteiger partial charge in [0.05, 0.1) is 0 Å². The maximum atomic E-state index is 5.88. The number of hydrogen-bond acceptors (Lipinski definition) is 1. The lowest BCUT2D eigenvalue weighted by Crippen LogP contribution is -2.42. The normalized spacial score (nSPS) is 19.9. The van der Waals surface area contributed by atoms with Crippen molar-refractivity contribution in [2.24, 2.45) is 5.73 Å². The van der Waals surface area contributed by atoms with Gasteiger partial charge in [-0.3, -0.25) is 0 Å². The molecule has 0 spiro atoms. The lowest BCUT2D eigenvalue weighted by molar-refractivity contribution is 0.251. The van der Waals surface area contributed by atoms with E-state index in [1.807, 2.05) is 0 Å². The molecule has 2 rings (SSSR count). The summed E-state index contributed by atoms with van der Waals surface area (Å²) >= 11 is 0. The number of aromatic nitrogens is 1. The van der Waals surface area contributed by atoms with Crippen LogP contribution in [0.25, 0.3) is 0 Å². The lowest BCUT2D eigenvalue weighted by atomic mass is 9.63. The van der Waals surface area contributed by atoms with E-state index in [0.717, 1.165) is 6.54 Å². The van der Waals surface area contributed by atoms with Crippen molar-refractivity contribution in [3.8, 4) is 0 Å². The van der Waals surface area contributed by atoms with Crippen LogP contribution in [0.1, 0.15) is 36.1 Å². The highest BCUT2D eigenvalue weighted by Crippen LogP contribution is 2.45. The van der Waals surface area contributed by atoms with Crippen molar-refractivity contribution < 1.29 is 0 Å². The van der Waals surface area contributed by atoms with E-state index in [1.165, 1.54) is 36.1 Å². The first-order chi connectivity index (χ1) is 6.19. The van der Waals surface area contributed by atoms with Crippen LogP contribution in [0, 0.1) is 13.8 Å². The molecule has 1 aromatic heterocycles. The van der Waals surface area contributed by atoms with Crippen LogP contribution in [0.4, 0.5) is 0 Å². The van der Waals surface area contributed by atoms with E-state index in [2.05, 4.69) is 25.0 Å². The van der Waals surface area contributed by atoms with E-state index in [4.69, 9.17) is 5.73 Å². The zero-order valence-electron chi connectivity index (χ0n) is 8.48. The average Bonchev–Trinajstić information content (AvgIpc) is 2.35. The monoisotopic (exact) mass is 178 g/mol. The summed E-state index contributed by atoms with van der Waals surface area (Å²) in [6, 6.07) is 0. The SMILES string of the molecule is Cc1c[nH]c(C)c1C1(CN)CCC1. The first kappa shape index (κ1) is 8.82. The topological polar surface area (TPSA) is 41.8 Å².